The number of aryl methyl sites for hydroxylation is 1. The van der Waals surface area contributed by atoms with Crippen LogP contribution in [0.15, 0.2) is 52.5 Å². The predicted octanol–water partition coefficient (Wildman–Crippen LogP) is 3.10. The van der Waals surface area contributed by atoms with Crippen LogP contribution in [0.4, 0.5) is 0 Å². The molecule has 3 aromatic rings. The smallest absolute Gasteiger partial charge is 0.224 e. The lowest BCUT2D eigenvalue weighted by Crippen LogP contribution is -2.29. The second kappa shape index (κ2) is 7.42. The van der Waals surface area contributed by atoms with Crippen molar-refractivity contribution in [2.24, 2.45) is 0 Å². The third kappa shape index (κ3) is 4.10. The van der Waals surface area contributed by atoms with Gasteiger partial charge in [-0.05, 0) is 24.6 Å². The molecule has 1 aromatic carbocycles. The number of nitrogens with one attached hydrogen (secondary N) is 1. The molecule has 24 heavy (non-hydrogen) atoms. The van der Waals surface area contributed by atoms with Crippen LogP contribution < -0.4 is 5.32 Å². The van der Waals surface area contributed by atoms with E-state index in [-0.39, 0.29) is 18.9 Å². The lowest BCUT2D eigenvalue weighted by atomic mass is 10.1. The Hall–Kier alpha value is -2.44. The number of carbonyl (C=O) groups is 1. The first-order valence-corrected chi connectivity index (χ1v) is 8.49. The first-order chi connectivity index (χ1) is 11.6. The van der Waals surface area contributed by atoms with E-state index in [1.54, 1.807) is 23.5 Å². The van der Waals surface area contributed by atoms with Gasteiger partial charge in [0.1, 0.15) is 11.9 Å². The molecule has 0 aliphatic carbocycles. The zero-order valence-corrected chi connectivity index (χ0v) is 14.0. The van der Waals surface area contributed by atoms with Crippen LogP contribution in [0.2, 0.25) is 0 Å². The normalized spacial score (nSPS) is 12.1. The van der Waals surface area contributed by atoms with Gasteiger partial charge < -0.3 is 14.8 Å². The monoisotopic (exact) mass is 342 g/mol. The molecule has 0 spiro atoms. The molecular weight excluding hydrogens is 324 g/mol. The summed E-state index contributed by atoms with van der Waals surface area (Å²) in [5, 5.41) is 15.6. The molecule has 0 radical (unpaired) electrons. The fourth-order valence-electron chi connectivity index (χ4n) is 2.33. The number of hydrogen-bond donors (Lipinski definition) is 2. The number of carbonyl (C=O) groups excluding carboxylic acids is 1. The number of aromatic nitrogens is 1. The van der Waals surface area contributed by atoms with Gasteiger partial charge in [0.05, 0.1) is 29.9 Å². The van der Waals surface area contributed by atoms with E-state index < -0.39 is 6.10 Å². The van der Waals surface area contributed by atoms with Gasteiger partial charge in [0.15, 0.2) is 0 Å². The topological polar surface area (TPSA) is 75.4 Å². The highest BCUT2D eigenvalue weighted by molar-refractivity contribution is 7.09. The first-order valence-electron chi connectivity index (χ1n) is 7.61. The van der Waals surface area contributed by atoms with Crippen LogP contribution in [-0.4, -0.2) is 22.5 Å². The summed E-state index contributed by atoms with van der Waals surface area (Å²) >= 11 is 1.62. The van der Waals surface area contributed by atoms with Crippen molar-refractivity contribution in [2.45, 2.75) is 19.4 Å². The summed E-state index contributed by atoms with van der Waals surface area (Å²) in [6.45, 7) is 2.10. The van der Waals surface area contributed by atoms with Gasteiger partial charge in [-0.3, -0.25) is 4.79 Å². The average Bonchev–Trinajstić information content (AvgIpc) is 3.25. The first kappa shape index (κ1) is 16.4. The molecule has 6 heteroatoms. The number of hydrogen-bond acceptors (Lipinski definition) is 5. The Kier molecular flexibility index (Phi) is 5.08. The van der Waals surface area contributed by atoms with E-state index in [4.69, 9.17) is 4.42 Å². The number of rotatable bonds is 6. The van der Waals surface area contributed by atoms with Gasteiger partial charge in [0.2, 0.25) is 5.91 Å². The molecule has 0 fully saturated rings. The van der Waals surface area contributed by atoms with Crippen molar-refractivity contribution in [3.8, 4) is 11.3 Å². The van der Waals surface area contributed by atoms with E-state index in [9.17, 15) is 9.90 Å². The highest BCUT2D eigenvalue weighted by atomic mass is 32.1. The van der Waals surface area contributed by atoms with Crippen LogP contribution in [0.5, 0.6) is 0 Å². The maximum atomic E-state index is 12.0. The Labute approximate surface area is 144 Å². The Morgan fingerprint density at radius 2 is 2.12 bits per heavy atom. The van der Waals surface area contributed by atoms with Gasteiger partial charge in [-0.2, -0.15) is 0 Å². The van der Waals surface area contributed by atoms with Crippen molar-refractivity contribution in [1.82, 2.24) is 10.3 Å². The van der Waals surface area contributed by atoms with Crippen LogP contribution >= 0.6 is 11.3 Å². The van der Waals surface area contributed by atoms with E-state index in [2.05, 4.69) is 10.3 Å². The van der Waals surface area contributed by atoms with E-state index in [1.165, 1.54) is 6.26 Å². The minimum absolute atomic E-state index is 0.128. The van der Waals surface area contributed by atoms with Crippen molar-refractivity contribution in [1.29, 1.82) is 0 Å². The van der Waals surface area contributed by atoms with Crippen LogP contribution in [-0.2, 0) is 11.2 Å². The lowest BCUT2D eigenvalue weighted by molar-refractivity contribution is -0.120. The summed E-state index contributed by atoms with van der Waals surface area (Å²) in [5.74, 6) is 0.302. The van der Waals surface area contributed by atoms with E-state index in [0.29, 0.717) is 5.76 Å². The standard InChI is InChI=1S/C18H18N2O3S/c1-12-20-15(11-24-12)14-6-4-13(5-7-14)9-18(22)19-10-16(21)17-3-2-8-23-17/h2-8,11,16,21H,9-10H2,1H3,(H,19,22). The van der Waals surface area contributed by atoms with Crippen molar-refractivity contribution in [3.05, 3.63) is 64.4 Å². The number of aliphatic hydroxyl groups is 1. The molecule has 1 amide bonds. The van der Waals surface area contributed by atoms with E-state index in [1.807, 2.05) is 36.6 Å². The van der Waals surface area contributed by atoms with E-state index >= 15 is 0 Å². The Balaban J connectivity index is 1.53. The van der Waals surface area contributed by atoms with Crippen LogP contribution in [0.3, 0.4) is 0 Å². The van der Waals surface area contributed by atoms with Crippen LogP contribution in [0.25, 0.3) is 11.3 Å². The van der Waals surface area contributed by atoms with E-state index in [0.717, 1.165) is 21.8 Å². The molecule has 3 rings (SSSR count). The van der Waals surface area contributed by atoms with Crippen LogP contribution in [0, 0.1) is 6.92 Å². The third-order valence-electron chi connectivity index (χ3n) is 3.60. The molecule has 124 valence electrons. The van der Waals surface area contributed by atoms with Gasteiger partial charge >= 0.3 is 0 Å². The summed E-state index contributed by atoms with van der Waals surface area (Å²) in [5.41, 5.74) is 2.91. The van der Waals surface area contributed by atoms with Gasteiger partial charge in [-0.15, -0.1) is 11.3 Å². The zero-order chi connectivity index (χ0) is 16.9. The highest BCUT2D eigenvalue weighted by Crippen LogP contribution is 2.22. The molecular formula is C18H18N2O3S. The number of benzene rings is 1. The number of amides is 1. The number of furan rings is 1. The predicted molar refractivity (Wildman–Crippen MR) is 92.7 cm³/mol. The largest absolute Gasteiger partial charge is 0.467 e. The molecule has 0 aliphatic rings. The fraction of sp³-hybridized carbons (Fsp3) is 0.222. The average molecular weight is 342 g/mol. The molecule has 0 aliphatic heterocycles. The SMILES string of the molecule is Cc1nc(-c2ccc(CC(=O)NCC(O)c3ccco3)cc2)cs1. The Morgan fingerprint density at radius 3 is 2.75 bits per heavy atom. The number of nitrogens with zero attached hydrogens (tertiary/aromatic N) is 1. The molecule has 2 N–H and O–H groups in total. The fourth-order valence-corrected chi connectivity index (χ4v) is 2.95. The molecule has 5 nitrogen and oxygen atoms in total. The Bertz CT molecular complexity index is 794. The molecule has 2 heterocycles. The maximum absolute atomic E-state index is 12.0. The summed E-state index contributed by atoms with van der Waals surface area (Å²) in [6.07, 6.45) is 0.923. The van der Waals surface area contributed by atoms with Gasteiger partial charge in [-0.25, -0.2) is 4.98 Å². The summed E-state index contributed by atoms with van der Waals surface area (Å²) in [4.78, 5) is 16.4. The van der Waals surface area contributed by atoms with Crippen molar-refractivity contribution in [2.75, 3.05) is 6.54 Å². The molecule has 1 atom stereocenters. The van der Waals surface area contributed by atoms with Crippen molar-refractivity contribution < 1.29 is 14.3 Å². The van der Waals surface area contributed by atoms with Gasteiger partial charge in [0.25, 0.3) is 0 Å². The minimum atomic E-state index is -0.834. The summed E-state index contributed by atoms with van der Waals surface area (Å²) in [7, 11) is 0. The molecule has 1 unspecified atom stereocenters. The second-order valence-corrected chi connectivity index (χ2v) is 6.52. The second-order valence-electron chi connectivity index (χ2n) is 5.46. The third-order valence-corrected chi connectivity index (χ3v) is 4.37. The van der Waals surface area contributed by atoms with Gasteiger partial charge in [0, 0.05) is 10.9 Å². The number of thiazole rings is 1. The van der Waals surface area contributed by atoms with Crippen molar-refractivity contribution >= 4 is 17.2 Å². The molecule has 0 saturated heterocycles. The Morgan fingerprint density at radius 1 is 1.33 bits per heavy atom. The van der Waals surface area contributed by atoms with Crippen molar-refractivity contribution in [3.63, 3.8) is 0 Å². The zero-order valence-electron chi connectivity index (χ0n) is 13.2. The maximum Gasteiger partial charge on any atom is 0.224 e. The minimum Gasteiger partial charge on any atom is -0.467 e. The molecule has 0 saturated carbocycles. The molecule has 2 aromatic heterocycles. The number of aliphatic hydroxyl groups excluding tert-OH is 1. The molecule has 0 bridgehead atoms. The highest BCUT2D eigenvalue weighted by Gasteiger charge is 2.12. The quantitative estimate of drug-likeness (QED) is 0.722. The van der Waals surface area contributed by atoms with Gasteiger partial charge in [-0.1, -0.05) is 24.3 Å². The van der Waals surface area contributed by atoms with Crippen LogP contribution in [0.1, 0.15) is 22.4 Å². The summed E-state index contributed by atoms with van der Waals surface area (Å²) in [6, 6.07) is 11.2. The summed E-state index contributed by atoms with van der Waals surface area (Å²) < 4.78 is 5.10. The lowest BCUT2D eigenvalue weighted by Gasteiger charge is -2.09.